The van der Waals surface area contributed by atoms with Crippen molar-refractivity contribution >= 4 is 11.8 Å². The molecule has 1 rings (SSSR count). The number of carbonyl (C=O) groups excluding carboxylic acids is 1. The minimum absolute atomic E-state index is 0.0602. The molecule has 0 spiro atoms. The van der Waals surface area contributed by atoms with Crippen LogP contribution in [0.5, 0.6) is 0 Å². The van der Waals surface area contributed by atoms with Gasteiger partial charge in [0.05, 0.1) is 18.6 Å². The lowest BCUT2D eigenvalue weighted by molar-refractivity contribution is -0.807. The Labute approximate surface area is 159 Å². The van der Waals surface area contributed by atoms with Gasteiger partial charge in [0.15, 0.2) is 0 Å². The van der Waals surface area contributed by atoms with E-state index >= 15 is 0 Å². The quantitative estimate of drug-likeness (QED) is 0.274. The smallest absolute Gasteiger partial charge is 0.213 e. The monoisotopic (exact) mass is 363 g/mol. The summed E-state index contributed by atoms with van der Waals surface area (Å²) < 4.78 is 0.0602. The molecule has 0 saturated heterocycles. The fraction of sp³-hybridized carbons (Fsp3) is 0.714. The van der Waals surface area contributed by atoms with Gasteiger partial charge in [0, 0.05) is 6.92 Å². The van der Waals surface area contributed by atoms with Crippen LogP contribution in [0.4, 0.5) is 0 Å². The van der Waals surface area contributed by atoms with Gasteiger partial charge in [0.2, 0.25) is 5.84 Å². The zero-order valence-electron chi connectivity index (χ0n) is 16.7. The molecule has 0 aromatic heterocycles. The number of quaternary nitrogens is 1. The molecule has 0 aromatic carbocycles. The predicted octanol–water partition coefficient (Wildman–Crippen LogP) is 3.61. The number of hydrogen-bond donors (Lipinski definition) is 1. The van der Waals surface area contributed by atoms with Crippen LogP contribution in [0.3, 0.4) is 0 Å². The highest BCUT2D eigenvalue weighted by molar-refractivity contribution is 5.82. The molecule has 5 nitrogen and oxygen atoms in total. The standard InChI is InChI=1S/C21H37N3O2/c1-3-4-5-6-7-8-9-10-11-12-13-14-15-20-23-16-17-24(20,19(2)22)18-21(25)26/h13-14,16-17,19H,3-12,15,18,22H2,1-2H3/b14-13+. The van der Waals surface area contributed by atoms with Crippen molar-refractivity contribution in [1.29, 1.82) is 0 Å². The molecule has 148 valence electrons. The molecule has 1 aliphatic rings. The van der Waals surface area contributed by atoms with Gasteiger partial charge >= 0.3 is 0 Å². The summed E-state index contributed by atoms with van der Waals surface area (Å²) in [4.78, 5) is 15.4. The molecule has 26 heavy (non-hydrogen) atoms. The SMILES string of the molecule is CCCCCCCCCCC/C=C/CC1=NC=C[N+]1(CC(=O)[O-])C(C)N. The Balaban J connectivity index is 2.20. The number of aliphatic imine (C=N–C) groups is 1. The highest BCUT2D eigenvalue weighted by Crippen LogP contribution is 2.21. The first-order valence-corrected chi connectivity index (χ1v) is 10.3. The molecule has 0 radical (unpaired) electrons. The van der Waals surface area contributed by atoms with Gasteiger partial charge in [-0.25, -0.2) is 9.48 Å². The van der Waals surface area contributed by atoms with Crippen molar-refractivity contribution in [1.82, 2.24) is 0 Å². The van der Waals surface area contributed by atoms with Crippen LogP contribution >= 0.6 is 0 Å². The van der Waals surface area contributed by atoms with Gasteiger partial charge in [-0.15, -0.1) is 0 Å². The van der Waals surface area contributed by atoms with E-state index in [1.54, 1.807) is 19.3 Å². The van der Waals surface area contributed by atoms with Gasteiger partial charge in [-0.05, 0) is 12.8 Å². The van der Waals surface area contributed by atoms with Gasteiger partial charge in [-0.3, -0.25) is 5.73 Å². The zero-order valence-corrected chi connectivity index (χ0v) is 16.7. The maximum atomic E-state index is 11.1. The molecule has 1 aliphatic heterocycles. The van der Waals surface area contributed by atoms with Crippen molar-refractivity contribution in [2.45, 2.75) is 90.6 Å². The summed E-state index contributed by atoms with van der Waals surface area (Å²) in [5, 5.41) is 11.1. The molecule has 5 heteroatoms. The second kappa shape index (κ2) is 12.8. The number of amidine groups is 1. The topological polar surface area (TPSA) is 78.5 Å². The number of carboxylic acid groups (broad SMARTS) is 1. The largest absolute Gasteiger partial charge is 0.544 e. The van der Waals surface area contributed by atoms with Gasteiger partial charge < -0.3 is 9.90 Å². The van der Waals surface area contributed by atoms with E-state index in [1.165, 1.54) is 57.8 Å². The van der Waals surface area contributed by atoms with Crippen molar-refractivity contribution < 1.29 is 14.4 Å². The fourth-order valence-electron chi connectivity index (χ4n) is 3.41. The fourth-order valence-corrected chi connectivity index (χ4v) is 3.41. The minimum atomic E-state index is -1.11. The number of nitrogens with two attached hydrogens (primary N) is 1. The van der Waals surface area contributed by atoms with Crippen LogP contribution in [0, 0.1) is 0 Å². The summed E-state index contributed by atoms with van der Waals surface area (Å²) in [6.07, 6.45) is 21.0. The number of carbonyl (C=O) groups is 1. The second-order valence-corrected chi connectivity index (χ2v) is 7.34. The summed E-state index contributed by atoms with van der Waals surface area (Å²) in [7, 11) is 0. The first kappa shape index (κ1) is 22.6. The van der Waals surface area contributed by atoms with E-state index < -0.39 is 5.97 Å². The summed E-state index contributed by atoms with van der Waals surface area (Å²) in [6, 6.07) is 0. The molecule has 0 bridgehead atoms. The molecule has 2 unspecified atom stereocenters. The molecule has 1 heterocycles. The van der Waals surface area contributed by atoms with E-state index in [-0.39, 0.29) is 17.2 Å². The number of unbranched alkanes of at least 4 members (excludes halogenated alkanes) is 9. The number of nitrogens with zero attached hydrogens (tertiary/aromatic N) is 2. The number of hydrogen-bond acceptors (Lipinski definition) is 4. The van der Waals surface area contributed by atoms with Crippen LogP contribution in [-0.4, -0.2) is 29.0 Å². The van der Waals surface area contributed by atoms with E-state index in [0.29, 0.717) is 6.42 Å². The van der Waals surface area contributed by atoms with Crippen LogP contribution in [0.2, 0.25) is 0 Å². The number of aliphatic carboxylic acids is 1. The van der Waals surface area contributed by atoms with Crippen LogP contribution in [0.25, 0.3) is 0 Å². The molecule has 0 aromatic rings. The van der Waals surface area contributed by atoms with Crippen molar-refractivity contribution in [3.63, 3.8) is 0 Å². The Hall–Kier alpha value is -1.46. The lowest BCUT2D eigenvalue weighted by Gasteiger charge is -2.35. The molecule has 0 amide bonds. The van der Waals surface area contributed by atoms with Gasteiger partial charge in [-0.1, -0.05) is 70.4 Å². The Bertz CT molecular complexity index is 497. The third-order valence-corrected chi connectivity index (χ3v) is 5.10. The summed E-state index contributed by atoms with van der Waals surface area (Å²) in [6.45, 7) is 3.89. The Morgan fingerprint density at radius 3 is 2.35 bits per heavy atom. The molecule has 0 aliphatic carbocycles. The molecular formula is C21H37N3O2. The summed E-state index contributed by atoms with van der Waals surface area (Å²) >= 11 is 0. The second-order valence-electron chi connectivity index (χ2n) is 7.34. The average Bonchev–Trinajstić information content (AvgIpc) is 2.99. The normalized spacial score (nSPS) is 20.7. The molecule has 2 atom stereocenters. The number of carboxylic acids is 1. The van der Waals surface area contributed by atoms with E-state index in [2.05, 4.69) is 24.1 Å². The summed E-state index contributed by atoms with van der Waals surface area (Å²) in [5.74, 6) is -0.340. The third kappa shape index (κ3) is 7.83. The maximum absolute atomic E-state index is 11.1. The van der Waals surface area contributed by atoms with Crippen LogP contribution in [0.1, 0.15) is 84.5 Å². The highest BCUT2D eigenvalue weighted by atomic mass is 16.4. The average molecular weight is 364 g/mol. The van der Waals surface area contributed by atoms with Crippen molar-refractivity contribution in [3.8, 4) is 0 Å². The molecule has 2 N–H and O–H groups in total. The third-order valence-electron chi connectivity index (χ3n) is 5.10. The van der Waals surface area contributed by atoms with E-state index in [9.17, 15) is 9.90 Å². The number of rotatable bonds is 15. The van der Waals surface area contributed by atoms with Crippen molar-refractivity contribution in [3.05, 3.63) is 24.6 Å². The first-order chi connectivity index (χ1) is 12.5. The van der Waals surface area contributed by atoms with Crippen LogP contribution < -0.4 is 10.8 Å². The Morgan fingerprint density at radius 1 is 1.15 bits per heavy atom. The van der Waals surface area contributed by atoms with Crippen LogP contribution in [0.15, 0.2) is 29.5 Å². The van der Waals surface area contributed by atoms with E-state index in [1.807, 2.05) is 0 Å². The Morgan fingerprint density at radius 2 is 1.77 bits per heavy atom. The minimum Gasteiger partial charge on any atom is -0.544 e. The summed E-state index contributed by atoms with van der Waals surface area (Å²) in [5.41, 5.74) is 6.03. The van der Waals surface area contributed by atoms with E-state index in [4.69, 9.17) is 5.73 Å². The van der Waals surface area contributed by atoms with Crippen molar-refractivity contribution in [2.24, 2.45) is 10.7 Å². The van der Waals surface area contributed by atoms with E-state index in [0.717, 1.165) is 12.3 Å². The highest BCUT2D eigenvalue weighted by Gasteiger charge is 2.38. The lowest BCUT2D eigenvalue weighted by Crippen LogP contribution is -2.60. The first-order valence-electron chi connectivity index (χ1n) is 10.3. The maximum Gasteiger partial charge on any atom is 0.213 e. The predicted molar refractivity (Wildman–Crippen MR) is 106 cm³/mol. The molecular weight excluding hydrogens is 326 g/mol. The Kier molecular flexibility index (Phi) is 11.1. The lowest BCUT2D eigenvalue weighted by atomic mass is 10.1. The van der Waals surface area contributed by atoms with Gasteiger partial charge in [0.1, 0.15) is 18.9 Å². The number of allylic oxidation sites excluding steroid dienone is 1. The van der Waals surface area contributed by atoms with Crippen molar-refractivity contribution in [2.75, 3.05) is 6.54 Å². The van der Waals surface area contributed by atoms with Gasteiger partial charge in [0.25, 0.3) is 0 Å². The zero-order chi connectivity index (χ0) is 19.3. The molecule has 0 fully saturated rings. The molecule has 0 saturated carbocycles. The van der Waals surface area contributed by atoms with Crippen LogP contribution in [-0.2, 0) is 4.79 Å². The van der Waals surface area contributed by atoms with Gasteiger partial charge in [-0.2, -0.15) is 0 Å².